The van der Waals surface area contributed by atoms with E-state index in [0.29, 0.717) is 29.4 Å². The topological polar surface area (TPSA) is 48.3 Å². The standard InChI is InChI=1S/C19H25Cl2N3O2/c1-14-16(12-22-9-5-10-25-13-15-6-4-11-26-15)19(21)24(23-14)18-8-3-2-7-17(18)20/h2-3,7-8,15,22H,4-6,9-13H2,1H3. The third-order valence-electron chi connectivity index (χ3n) is 4.47. The summed E-state index contributed by atoms with van der Waals surface area (Å²) in [5.74, 6) is 0. The van der Waals surface area contributed by atoms with Gasteiger partial charge in [0.05, 0.1) is 29.1 Å². The first-order valence-electron chi connectivity index (χ1n) is 9.06. The summed E-state index contributed by atoms with van der Waals surface area (Å²) in [5, 5.41) is 9.16. The third kappa shape index (κ3) is 4.99. The zero-order valence-corrected chi connectivity index (χ0v) is 16.5. The van der Waals surface area contributed by atoms with Gasteiger partial charge >= 0.3 is 0 Å². The van der Waals surface area contributed by atoms with Gasteiger partial charge in [-0.05, 0) is 44.9 Å². The number of halogens is 2. The number of nitrogens with zero attached hydrogens (tertiary/aromatic N) is 2. The van der Waals surface area contributed by atoms with E-state index in [9.17, 15) is 0 Å². The number of hydrogen-bond donors (Lipinski definition) is 1. The van der Waals surface area contributed by atoms with Crippen LogP contribution in [0.1, 0.15) is 30.5 Å². The molecule has 142 valence electrons. The molecular formula is C19H25Cl2N3O2. The van der Waals surface area contributed by atoms with Crippen LogP contribution in [0.15, 0.2) is 24.3 Å². The minimum atomic E-state index is 0.292. The molecule has 2 heterocycles. The maximum Gasteiger partial charge on any atom is 0.137 e. The highest BCUT2D eigenvalue weighted by molar-refractivity contribution is 6.33. The molecule has 1 saturated heterocycles. The monoisotopic (exact) mass is 397 g/mol. The van der Waals surface area contributed by atoms with Crippen molar-refractivity contribution in [3.8, 4) is 5.69 Å². The minimum Gasteiger partial charge on any atom is -0.379 e. The van der Waals surface area contributed by atoms with Gasteiger partial charge in [-0.15, -0.1) is 0 Å². The van der Waals surface area contributed by atoms with Crippen LogP contribution in [0.4, 0.5) is 0 Å². The van der Waals surface area contributed by atoms with Crippen LogP contribution < -0.4 is 5.32 Å². The van der Waals surface area contributed by atoms with Crippen molar-refractivity contribution in [3.63, 3.8) is 0 Å². The lowest BCUT2D eigenvalue weighted by molar-refractivity contribution is 0.0166. The molecule has 26 heavy (non-hydrogen) atoms. The molecule has 1 fully saturated rings. The fourth-order valence-electron chi connectivity index (χ4n) is 3.02. The predicted molar refractivity (Wildman–Crippen MR) is 104 cm³/mol. The lowest BCUT2D eigenvalue weighted by Crippen LogP contribution is -2.19. The minimum absolute atomic E-state index is 0.292. The fraction of sp³-hybridized carbons (Fsp3) is 0.526. The number of aromatic nitrogens is 2. The number of hydrogen-bond acceptors (Lipinski definition) is 4. The van der Waals surface area contributed by atoms with Gasteiger partial charge in [0.15, 0.2) is 0 Å². The number of ether oxygens (including phenoxy) is 2. The SMILES string of the molecule is Cc1nn(-c2ccccc2Cl)c(Cl)c1CNCCCOCC1CCCO1. The van der Waals surface area contributed by atoms with Crippen LogP contribution in [0.25, 0.3) is 5.69 Å². The Labute approximate surface area is 164 Å². The molecule has 3 rings (SSSR count). The predicted octanol–water partition coefficient (Wildman–Crippen LogP) is 4.16. The highest BCUT2D eigenvalue weighted by Crippen LogP contribution is 2.27. The van der Waals surface area contributed by atoms with Crippen molar-refractivity contribution in [3.05, 3.63) is 45.7 Å². The summed E-state index contributed by atoms with van der Waals surface area (Å²) in [7, 11) is 0. The molecule has 1 atom stereocenters. The van der Waals surface area contributed by atoms with E-state index in [2.05, 4.69) is 10.4 Å². The summed E-state index contributed by atoms with van der Waals surface area (Å²) >= 11 is 12.8. The summed E-state index contributed by atoms with van der Waals surface area (Å²) in [6.07, 6.45) is 3.51. The Balaban J connectivity index is 1.44. The van der Waals surface area contributed by atoms with Crippen LogP contribution in [0, 0.1) is 6.92 Å². The van der Waals surface area contributed by atoms with E-state index in [1.54, 1.807) is 4.68 Å². The number of aryl methyl sites for hydroxylation is 1. The van der Waals surface area contributed by atoms with Gasteiger partial charge in [-0.3, -0.25) is 0 Å². The fourth-order valence-corrected chi connectivity index (χ4v) is 3.57. The maximum atomic E-state index is 6.53. The molecule has 1 aromatic heterocycles. The Hall–Kier alpha value is -1.11. The van der Waals surface area contributed by atoms with Crippen molar-refractivity contribution in [1.82, 2.24) is 15.1 Å². The Morgan fingerprint density at radius 1 is 1.35 bits per heavy atom. The normalized spacial score (nSPS) is 17.1. The molecule has 2 aromatic rings. The van der Waals surface area contributed by atoms with Gasteiger partial charge in [0.2, 0.25) is 0 Å². The van der Waals surface area contributed by atoms with E-state index in [0.717, 1.165) is 56.0 Å². The van der Waals surface area contributed by atoms with Crippen molar-refractivity contribution < 1.29 is 9.47 Å². The molecule has 1 unspecified atom stereocenters. The van der Waals surface area contributed by atoms with Gasteiger partial charge in [-0.25, -0.2) is 4.68 Å². The van der Waals surface area contributed by atoms with Crippen LogP contribution in [-0.2, 0) is 16.0 Å². The lowest BCUT2D eigenvalue weighted by Gasteiger charge is -2.10. The van der Waals surface area contributed by atoms with Crippen LogP contribution in [0.5, 0.6) is 0 Å². The Morgan fingerprint density at radius 2 is 2.19 bits per heavy atom. The van der Waals surface area contributed by atoms with E-state index in [4.69, 9.17) is 32.7 Å². The van der Waals surface area contributed by atoms with Gasteiger partial charge in [0, 0.05) is 25.3 Å². The molecule has 5 nitrogen and oxygen atoms in total. The number of nitrogens with one attached hydrogen (secondary N) is 1. The highest BCUT2D eigenvalue weighted by atomic mass is 35.5. The molecule has 1 aromatic carbocycles. The average molecular weight is 398 g/mol. The first-order valence-corrected chi connectivity index (χ1v) is 9.81. The molecule has 0 aliphatic carbocycles. The Bertz CT molecular complexity index is 715. The second-order valence-electron chi connectivity index (χ2n) is 6.46. The second kappa shape index (κ2) is 9.72. The summed E-state index contributed by atoms with van der Waals surface area (Å²) in [6, 6.07) is 7.55. The van der Waals surface area contributed by atoms with Crippen molar-refractivity contribution in [2.24, 2.45) is 0 Å². The van der Waals surface area contributed by atoms with Crippen molar-refractivity contribution >= 4 is 23.2 Å². The van der Waals surface area contributed by atoms with Crippen molar-refractivity contribution in [2.45, 2.75) is 38.8 Å². The zero-order valence-electron chi connectivity index (χ0n) is 15.0. The molecule has 7 heteroatoms. The third-order valence-corrected chi connectivity index (χ3v) is 5.18. The van der Waals surface area contributed by atoms with Crippen LogP contribution in [0.3, 0.4) is 0 Å². The molecule has 0 saturated carbocycles. The van der Waals surface area contributed by atoms with Crippen LogP contribution >= 0.6 is 23.2 Å². The second-order valence-corrected chi connectivity index (χ2v) is 7.22. The highest BCUT2D eigenvalue weighted by Gasteiger charge is 2.16. The zero-order chi connectivity index (χ0) is 18.4. The molecule has 0 radical (unpaired) electrons. The van der Waals surface area contributed by atoms with Gasteiger partial charge < -0.3 is 14.8 Å². The van der Waals surface area contributed by atoms with E-state index >= 15 is 0 Å². The Kier molecular flexibility index (Phi) is 7.34. The van der Waals surface area contributed by atoms with E-state index in [-0.39, 0.29) is 0 Å². The van der Waals surface area contributed by atoms with E-state index in [1.165, 1.54) is 0 Å². The van der Waals surface area contributed by atoms with Crippen LogP contribution in [-0.4, -0.2) is 42.2 Å². The van der Waals surface area contributed by atoms with Gasteiger partial charge in [0.1, 0.15) is 5.15 Å². The van der Waals surface area contributed by atoms with E-state index < -0.39 is 0 Å². The summed E-state index contributed by atoms with van der Waals surface area (Å²) in [5.41, 5.74) is 2.68. The molecular weight excluding hydrogens is 373 g/mol. The maximum absolute atomic E-state index is 6.53. The number of para-hydroxylation sites is 1. The molecule has 1 aliphatic rings. The average Bonchev–Trinajstić information content (AvgIpc) is 3.24. The molecule has 1 aliphatic heterocycles. The van der Waals surface area contributed by atoms with E-state index in [1.807, 2.05) is 31.2 Å². The summed E-state index contributed by atoms with van der Waals surface area (Å²) in [4.78, 5) is 0. The molecule has 0 amide bonds. The first kappa shape index (κ1) is 19.6. The lowest BCUT2D eigenvalue weighted by atomic mass is 10.2. The first-order chi connectivity index (χ1) is 12.7. The van der Waals surface area contributed by atoms with Gasteiger partial charge in [-0.2, -0.15) is 5.10 Å². The van der Waals surface area contributed by atoms with Crippen molar-refractivity contribution in [1.29, 1.82) is 0 Å². The molecule has 1 N–H and O–H groups in total. The summed E-state index contributed by atoms with van der Waals surface area (Å²) < 4.78 is 12.9. The van der Waals surface area contributed by atoms with Gasteiger partial charge in [-0.1, -0.05) is 35.3 Å². The number of rotatable bonds is 9. The largest absolute Gasteiger partial charge is 0.379 e. The van der Waals surface area contributed by atoms with Gasteiger partial charge in [0.25, 0.3) is 0 Å². The quantitative estimate of drug-likeness (QED) is 0.645. The smallest absolute Gasteiger partial charge is 0.137 e. The summed E-state index contributed by atoms with van der Waals surface area (Å²) in [6.45, 7) is 5.80. The molecule has 0 spiro atoms. The molecule has 0 bridgehead atoms. The van der Waals surface area contributed by atoms with Crippen molar-refractivity contribution in [2.75, 3.05) is 26.4 Å². The van der Waals surface area contributed by atoms with Crippen LogP contribution in [0.2, 0.25) is 10.2 Å². The number of benzene rings is 1. The Morgan fingerprint density at radius 3 is 2.96 bits per heavy atom.